The topological polar surface area (TPSA) is 90.1 Å². The summed E-state index contributed by atoms with van der Waals surface area (Å²) < 4.78 is 1.52. The van der Waals surface area contributed by atoms with Crippen LogP contribution in [0.25, 0.3) is 16.9 Å². The standard InChI is InChI=1S/C23H17ClN4O3/c1-15-2-8-18(9-3-15)25-23(29)22-14-21(16-4-10-20(11-5-16)28(30)31)26-27(22)19-12-6-17(24)7-13-19/h2-14H,1H3,(H,25,29). The Morgan fingerprint density at radius 2 is 1.65 bits per heavy atom. The number of non-ortho nitro benzene ring substituents is 1. The van der Waals surface area contributed by atoms with E-state index in [1.807, 2.05) is 31.2 Å². The van der Waals surface area contributed by atoms with Crippen molar-refractivity contribution < 1.29 is 9.72 Å². The van der Waals surface area contributed by atoms with Gasteiger partial charge in [-0.2, -0.15) is 5.10 Å². The Kier molecular flexibility index (Phi) is 5.51. The minimum Gasteiger partial charge on any atom is -0.321 e. The second-order valence-corrected chi connectivity index (χ2v) is 7.36. The summed E-state index contributed by atoms with van der Waals surface area (Å²) in [5.41, 5.74) is 3.88. The average Bonchev–Trinajstić information content (AvgIpc) is 3.21. The van der Waals surface area contributed by atoms with Crippen molar-refractivity contribution in [3.63, 3.8) is 0 Å². The molecule has 1 heterocycles. The Bertz CT molecular complexity index is 1250. The predicted molar refractivity (Wildman–Crippen MR) is 120 cm³/mol. The van der Waals surface area contributed by atoms with E-state index >= 15 is 0 Å². The molecule has 0 spiro atoms. The number of halogens is 1. The van der Waals surface area contributed by atoms with Gasteiger partial charge in [0.05, 0.1) is 16.3 Å². The summed E-state index contributed by atoms with van der Waals surface area (Å²) in [4.78, 5) is 23.5. The molecular weight excluding hydrogens is 416 g/mol. The highest BCUT2D eigenvalue weighted by atomic mass is 35.5. The zero-order valence-corrected chi connectivity index (χ0v) is 17.2. The monoisotopic (exact) mass is 432 g/mol. The largest absolute Gasteiger partial charge is 0.321 e. The fourth-order valence-electron chi connectivity index (χ4n) is 3.05. The molecule has 0 saturated heterocycles. The zero-order chi connectivity index (χ0) is 22.0. The zero-order valence-electron chi connectivity index (χ0n) is 16.4. The van der Waals surface area contributed by atoms with Gasteiger partial charge in [-0.3, -0.25) is 14.9 Å². The van der Waals surface area contributed by atoms with E-state index in [1.54, 1.807) is 42.5 Å². The third kappa shape index (κ3) is 4.46. The highest BCUT2D eigenvalue weighted by Crippen LogP contribution is 2.25. The quantitative estimate of drug-likeness (QED) is 0.325. The van der Waals surface area contributed by atoms with Gasteiger partial charge in [0.1, 0.15) is 5.69 Å². The molecular formula is C23H17ClN4O3. The molecule has 8 heteroatoms. The molecule has 154 valence electrons. The number of benzene rings is 3. The van der Waals surface area contributed by atoms with Gasteiger partial charge in [0.2, 0.25) is 0 Å². The number of nitrogens with one attached hydrogen (secondary N) is 1. The number of aromatic nitrogens is 2. The van der Waals surface area contributed by atoms with Gasteiger partial charge < -0.3 is 5.32 Å². The predicted octanol–water partition coefficient (Wildman–Crippen LogP) is 5.66. The van der Waals surface area contributed by atoms with Gasteiger partial charge in [0, 0.05) is 28.4 Å². The van der Waals surface area contributed by atoms with Gasteiger partial charge >= 0.3 is 0 Å². The molecule has 31 heavy (non-hydrogen) atoms. The van der Waals surface area contributed by atoms with Crippen LogP contribution in [-0.4, -0.2) is 20.6 Å². The molecule has 4 rings (SSSR count). The van der Waals surface area contributed by atoms with Gasteiger partial charge in [0.15, 0.2) is 0 Å². The Morgan fingerprint density at radius 3 is 2.26 bits per heavy atom. The van der Waals surface area contributed by atoms with Crippen LogP contribution in [0.1, 0.15) is 16.1 Å². The van der Waals surface area contributed by atoms with Crippen LogP contribution >= 0.6 is 11.6 Å². The molecule has 1 N–H and O–H groups in total. The van der Waals surface area contributed by atoms with E-state index in [-0.39, 0.29) is 11.6 Å². The summed E-state index contributed by atoms with van der Waals surface area (Å²) in [5, 5.41) is 18.9. The maximum Gasteiger partial charge on any atom is 0.274 e. The summed E-state index contributed by atoms with van der Waals surface area (Å²) in [7, 11) is 0. The lowest BCUT2D eigenvalue weighted by Gasteiger charge is -2.09. The maximum atomic E-state index is 13.1. The van der Waals surface area contributed by atoms with Gasteiger partial charge in [-0.1, -0.05) is 29.3 Å². The van der Waals surface area contributed by atoms with Gasteiger partial charge in [-0.15, -0.1) is 0 Å². The smallest absolute Gasteiger partial charge is 0.274 e. The van der Waals surface area contributed by atoms with Crippen LogP contribution in [0.4, 0.5) is 11.4 Å². The maximum absolute atomic E-state index is 13.1. The van der Waals surface area contributed by atoms with E-state index in [0.717, 1.165) is 5.56 Å². The Balaban J connectivity index is 1.74. The van der Waals surface area contributed by atoms with E-state index in [2.05, 4.69) is 10.4 Å². The van der Waals surface area contributed by atoms with Crippen LogP contribution < -0.4 is 5.32 Å². The van der Waals surface area contributed by atoms with Crippen molar-refractivity contribution in [1.82, 2.24) is 9.78 Å². The van der Waals surface area contributed by atoms with Crippen LogP contribution in [0.2, 0.25) is 5.02 Å². The number of carbonyl (C=O) groups excluding carboxylic acids is 1. The molecule has 0 bridgehead atoms. The van der Waals surface area contributed by atoms with Crippen molar-refractivity contribution >= 4 is 28.9 Å². The van der Waals surface area contributed by atoms with Gasteiger partial charge in [-0.25, -0.2) is 4.68 Å². The number of hydrogen-bond acceptors (Lipinski definition) is 4. The lowest BCUT2D eigenvalue weighted by Crippen LogP contribution is -2.16. The molecule has 7 nitrogen and oxygen atoms in total. The second kappa shape index (κ2) is 8.41. The summed E-state index contributed by atoms with van der Waals surface area (Å²) >= 11 is 6.00. The van der Waals surface area contributed by atoms with Crippen LogP contribution in [-0.2, 0) is 0 Å². The minimum atomic E-state index is -0.462. The first kappa shape index (κ1) is 20.3. The third-order valence-electron chi connectivity index (χ3n) is 4.70. The van der Waals surface area contributed by atoms with Crippen LogP contribution in [0.3, 0.4) is 0 Å². The van der Waals surface area contributed by atoms with Crippen molar-refractivity contribution in [2.45, 2.75) is 6.92 Å². The van der Waals surface area contributed by atoms with E-state index in [9.17, 15) is 14.9 Å². The minimum absolute atomic E-state index is 0.0155. The molecule has 0 aliphatic rings. The van der Waals surface area contributed by atoms with Crippen molar-refractivity contribution in [3.8, 4) is 16.9 Å². The Morgan fingerprint density at radius 1 is 1.00 bits per heavy atom. The van der Waals surface area contributed by atoms with E-state index < -0.39 is 4.92 Å². The number of amides is 1. The number of anilines is 1. The molecule has 0 atom stereocenters. The first-order chi connectivity index (χ1) is 14.9. The fraction of sp³-hybridized carbons (Fsp3) is 0.0435. The number of carbonyl (C=O) groups is 1. The highest BCUT2D eigenvalue weighted by Gasteiger charge is 2.18. The third-order valence-corrected chi connectivity index (χ3v) is 4.95. The van der Waals surface area contributed by atoms with E-state index in [1.165, 1.54) is 16.8 Å². The van der Waals surface area contributed by atoms with E-state index in [4.69, 9.17) is 11.6 Å². The number of nitro benzene ring substituents is 1. The van der Waals surface area contributed by atoms with Crippen molar-refractivity contribution in [2.24, 2.45) is 0 Å². The molecule has 0 unspecified atom stereocenters. The summed E-state index contributed by atoms with van der Waals surface area (Å²) in [6.07, 6.45) is 0. The molecule has 0 saturated carbocycles. The molecule has 4 aromatic rings. The van der Waals surface area contributed by atoms with E-state index in [0.29, 0.717) is 33.3 Å². The summed E-state index contributed by atoms with van der Waals surface area (Å²) in [5.74, 6) is -0.334. The second-order valence-electron chi connectivity index (χ2n) is 6.93. The Labute approximate surface area is 183 Å². The number of hydrogen-bond donors (Lipinski definition) is 1. The number of aryl methyl sites for hydroxylation is 1. The molecule has 0 radical (unpaired) electrons. The lowest BCUT2D eigenvalue weighted by atomic mass is 10.1. The van der Waals surface area contributed by atoms with Crippen molar-refractivity contribution in [1.29, 1.82) is 0 Å². The van der Waals surface area contributed by atoms with Crippen molar-refractivity contribution in [2.75, 3.05) is 5.32 Å². The van der Waals surface area contributed by atoms with Gasteiger partial charge in [-0.05, 0) is 61.5 Å². The lowest BCUT2D eigenvalue weighted by molar-refractivity contribution is -0.384. The molecule has 1 amide bonds. The van der Waals surface area contributed by atoms with Crippen LogP contribution in [0, 0.1) is 17.0 Å². The summed E-state index contributed by atoms with van der Waals surface area (Å²) in [6.45, 7) is 1.97. The highest BCUT2D eigenvalue weighted by molar-refractivity contribution is 6.30. The average molecular weight is 433 g/mol. The number of nitrogens with zero attached hydrogens (tertiary/aromatic N) is 3. The molecule has 1 aromatic heterocycles. The SMILES string of the molecule is Cc1ccc(NC(=O)c2cc(-c3ccc([N+](=O)[O-])cc3)nn2-c2ccc(Cl)cc2)cc1. The fourth-order valence-corrected chi connectivity index (χ4v) is 3.17. The normalized spacial score (nSPS) is 10.6. The van der Waals surface area contributed by atoms with Gasteiger partial charge in [0.25, 0.3) is 11.6 Å². The molecule has 0 aliphatic carbocycles. The number of rotatable bonds is 5. The van der Waals surface area contributed by atoms with Crippen molar-refractivity contribution in [3.05, 3.63) is 105 Å². The molecule has 3 aromatic carbocycles. The Hall–Kier alpha value is -3.97. The molecule has 0 aliphatic heterocycles. The summed E-state index contributed by atoms with van der Waals surface area (Å²) in [6, 6.07) is 22.1. The first-order valence-corrected chi connectivity index (χ1v) is 9.77. The molecule has 0 fully saturated rings. The first-order valence-electron chi connectivity index (χ1n) is 9.39. The van der Waals surface area contributed by atoms with Crippen LogP contribution in [0.5, 0.6) is 0 Å². The van der Waals surface area contributed by atoms with Crippen LogP contribution in [0.15, 0.2) is 78.9 Å². The number of nitro groups is 1.